The standard InChI is InChI=1S/C34H38N4O5/c39-31(37-29(19-24-12-5-2-6-13-24)33(41)38-17-9-16-30(38)34(42)43)21-27(18-23-10-3-1-4-11-23)36-32(40)28-20-25-14-7-8-15-26(25)22-35-28/h1-8,10-15,27-30,35H,9,16-22H2,(H,36,40)(H,37,39)(H,42,43)/t27-,28-,29-,30-/m0/s1. The van der Waals surface area contributed by atoms with Crippen molar-refractivity contribution >= 4 is 23.7 Å². The van der Waals surface area contributed by atoms with Gasteiger partial charge in [0.2, 0.25) is 17.7 Å². The van der Waals surface area contributed by atoms with Gasteiger partial charge in [-0.1, -0.05) is 84.9 Å². The van der Waals surface area contributed by atoms with Gasteiger partial charge in [0.25, 0.3) is 0 Å². The molecule has 2 aliphatic rings. The van der Waals surface area contributed by atoms with Crippen LogP contribution in [0.15, 0.2) is 84.9 Å². The lowest BCUT2D eigenvalue weighted by Gasteiger charge is -2.29. The average Bonchev–Trinajstić information content (AvgIpc) is 3.52. The molecule has 3 amide bonds. The number of aliphatic carboxylic acids is 1. The Bertz CT molecular complexity index is 1430. The van der Waals surface area contributed by atoms with Crippen LogP contribution in [0.25, 0.3) is 0 Å². The third kappa shape index (κ3) is 7.87. The van der Waals surface area contributed by atoms with E-state index >= 15 is 0 Å². The first-order valence-corrected chi connectivity index (χ1v) is 14.9. The van der Waals surface area contributed by atoms with Gasteiger partial charge in [-0.05, 0) is 47.9 Å². The molecule has 3 aromatic rings. The molecule has 9 heteroatoms. The van der Waals surface area contributed by atoms with E-state index in [1.807, 2.05) is 84.9 Å². The number of carboxylic acid groups (broad SMARTS) is 1. The fraction of sp³-hybridized carbons (Fsp3) is 0.353. The fourth-order valence-corrected chi connectivity index (χ4v) is 6.03. The highest BCUT2D eigenvalue weighted by atomic mass is 16.4. The second kappa shape index (κ2) is 14.1. The summed E-state index contributed by atoms with van der Waals surface area (Å²) in [4.78, 5) is 53.8. The molecule has 0 spiro atoms. The molecule has 1 saturated heterocycles. The molecule has 5 rings (SSSR count). The van der Waals surface area contributed by atoms with Gasteiger partial charge in [-0.2, -0.15) is 0 Å². The first-order chi connectivity index (χ1) is 20.9. The van der Waals surface area contributed by atoms with Crippen LogP contribution in [0, 0.1) is 0 Å². The Morgan fingerprint density at radius 1 is 0.837 bits per heavy atom. The number of carboxylic acids is 1. The van der Waals surface area contributed by atoms with Gasteiger partial charge in [0.15, 0.2) is 0 Å². The van der Waals surface area contributed by atoms with Crippen LogP contribution in [0.1, 0.15) is 41.5 Å². The maximum absolute atomic E-state index is 13.6. The van der Waals surface area contributed by atoms with Crippen LogP contribution in [-0.2, 0) is 45.0 Å². The Kier molecular flexibility index (Phi) is 9.84. The maximum atomic E-state index is 13.6. The smallest absolute Gasteiger partial charge is 0.326 e. The van der Waals surface area contributed by atoms with Gasteiger partial charge in [0.1, 0.15) is 12.1 Å². The molecule has 2 aliphatic heterocycles. The van der Waals surface area contributed by atoms with E-state index in [4.69, 9.17) is 0 Å². The van der Waals surface area contributed by atoms with E-state index in [9.17, 15) is 24.3 Å². The minimum absolute atomic E-state index is 0.0368. The summed E-state index contributed by atoms with van der Waals surface area (Å²) < 4.78 is 0. The second-order valence-corrected chi connectivity index (χ2v) is 11.3. The Labute approximate surface area is 251 Å². The predicted molar refractivity (Wildman–Crippen MR) is 162 cm³/mol. The summed E-state index contributed by atoms with van der Waals surface area (Å²) in [7, 11) is 0. The van der Waals surface area contributed by atoms with Gasteiger partial charge < -0.3 is 26.0 Å². The number of nitrogens with one attached hydrogen (secondary N) is 3. The van der Waals surface area contributed by atoms with E-state index in [0.29, 0.717) is 38.8 Å². The molecule has 0 aromatic heterocycles. The van der Waals surface area contributed by atoms with Crippen molar-refractivity contribution in [3.63, 3.8) is 0 Å². The van der Waals surface area contributed by atoms with Crippen LogP contribution in [0.3, 0.4) is 0 Å². The minimum atomic E-state index is -1.04. The first kappa shape index (κ1) is 30.0. The summed E-state index contributed by atoms with van der Waals surface area (Å²) in [5.41, 5.74) is 4.12. The third-order valence-electron chi connectivity index (χ3n) is 8.24. The molecular weight excluding hydrogens is 544 g/mol. The van der Waals surface area contributed by atoms with Crippen LogP contribution in [0.4, 0.5) is 0 Å². The van der Waals surface area contributed by atoms with Crippen molar-refractivity contribution in [2.75, 3.05) is 6.54 Å². The number of hydrogen-bond acceptors (Lipinski definition) is 5. The maximum Gasteiger partial charge on any atom is 0.326 e. The zero-order chi connectivity index (χ0) is 30.2. The molecule has 0 unspecified atom stereocenters. The summed E-state index contributed by atoms with van der Waals surface area (Å²) >= 11 is 0. The SMILES string of the molecule is O=C(C[C@H](Cc1ccccc1)NC(=O)[C@@H]1Cc2ccccc2CN1)N[C@@H](Cc1ccccc1)C(=O)N1CCC[C@H]1C(=O)O. The van der Waals surface area contributed by atoms with Gasteiger partial charge in [-0.15, -0.1) is 0 Å². The summed E-state index contributed by atoms with van der Waals surface area (Å²) in [6.45, 7) is 0.927. The number of carbonyl (C=O) groups excluding carboxylic acids is 3. The number of nitrogens with zero attached hydrogens (tertiary/aromatic N) is 1. The largest absolute Gasteiger partial charge is 0.480 e. The topological polar surface area (TPSA) is 128 Å². The van der Waals surface area contributed by atoms with Crippen molar-refractivity contribution < 1.29 is 24.3 Å². The minimum Gasteiger partial charge on any atom is -0.480 e. The van der Waals surface area contributed by atoms with Crippen molar-refractivity contribution in [2.24, 2.45) is 0 Å². The monoisotopic (exact) mass is 582 g/mol. The molecule has 0 aliphatic carbocycles. The van der Waals surface area contributed by atoms with Crippen LogP contribution in [-0.4, -0.2) is 64.4 Å². The Balaban J connectivity index is 1.30. The molecule has 0 radical (unpaired) electrons. The van der Waals surface area contributed by atoms with Crippen LogP contribution >= 0.6 is 0 Å². The van der Waals surface area contributed by atoms with Crippen molar-refractivity contribution in [3.8, 4) is 0 Å². The van der Waals surface area contributed by atoms with E-state index < -0.39 is 36.0 Å². The molecule has 9 nitrogen and oxygen atoms in total. The zero-order valence-electron chi connectivity index (χ0n) is 24.1. The lowest BCUT2D eigenvalue weighted by molar-refractivity contribution is -0.149. The second-order valence-electron chi connectivity index (χ2n) is 11.3. The predicted octanol–water partition coefficient (Wildman–Crippen LogP) is 2.62. The Morgan fingerprint density at radius 3 is 2.14 bits per heavy atom. The normalized spacial score (nSPS) is 19.1. The molecule has 43 heavy (non-hydrogen) atoms. The van der Waals surface area contributed by atoms with Crippen molar-refractivity contribution in [1.82, 2.24) is 20.9 Å². The van der Waals surface area contributed by atoms with Gasteiger partial charge >= 0.3 is 5.97 Å². The highest BCUT2D eigenvalue weighted by molar-refractivity contribution is 5.91. The van der Waals surface area contributed by atoms with Crippen molar-refractivity contribution in [3.05, 3.63) is 107 Å². The Morgan fingerprint density at radius 2 is 1.47 bits per heavy atom. The number of carbonyl (C=O) groups is 4. The highest BCUT2D eigenvalue weighted by Crippen LogP contribution is 2.20. The number of fused-ring (bicyclic) bond motifs is 1. The summed E-state index contributed by atoms with van der Waals surface area (Å²) in [6.07, 6.45) is 2.17. The molecule has 4 atom stereocenters. The molecule has 224 valence electrons. The average molecular weight is 583 g/mol. The lowest BCUT2D eigenvalue weighted by Crippen LogP contribution is -2.54. The van der Waals surface area contributed by atoms with Gasteiger partial charge in [0.05, 0.1) is 6.04 Å². The van der Waals surface area contributed by atoms with Gasteiger partial charge in [-0.3, -0.25) is 14.4 Å². The quantitative estimate of drug-likeness (QED) is 0.275. The van der Waals surface area contributed by atoms with Crippen LogP contribution < -0.4 is 16.0 Å². The highest BCUT2D eigenvalue weighted by Gasteiger charge is 2.38. The summed E-state index contributed by atoms with van der Waals surface area (Å²) in [5.74, 6) is -2.01. The number of hydrogen-bond donors (Lipinski definition) is 4. The van der Waals surface area contributed by atoms with E-state index in [0.717, 1.165) is 16.7 Å². The molecule has 2 heterocycles. The molecule has 1 fully saturated rings. The first-order valence-electron chi connectivity index (χ1n) is 14.9. The van der Waals surface area contributed by atoms with E-state index in [1.165, 1.54) is 10.5 Å². The number of likely N-dealkylation sites (tertiary alicyclic amines) is 1. The third-order valence-corrected chi connectivity index (χ3v) is 8.24. The summed E-state index contributed by atoms with van der Waals surface area (Å²) in [5, 5.41) is 19.0. The van der Waals surface area contributed by atoms with Crippen LogP contribution in [0.5, 0.6) is 0 Å². The van der Waals surface area contributed by atoms with Crippen molar-refractivity contribution in [2.45, 2.75) is 69.2 Å². The van der Waals surface area contributed by atoms with Gasteiger partial charge in [0, 0.05) is 32.0 Å². The molecule has 4 N–H and O–H groups in total. The zero-order valence-corrected chi connectivity index (χ0v) is 24.1. The van der Waals surface area contributed by atoms with E-state index in [1.54, 1.807) is 0 Å². The van der Waals surface area contributed by atoms with Gasteiger partial charge in [-0.25, -0.2) is 4.79 Å². The molecular formula is C34H38N4O5. The number of amides is 3. The fourth-order valence-electron chi connectivity index (χ4n) is 6.03. The van der Waals surface area contributed by atoms with E-state index in [-0.39, 0.29) is 24.7 Å². The number of rotatable bonds is 11. The van der Waals surface area contributed by atoms with Crippen molar-refractivity contribution in [1.29, 1.82) is 0 Å². The molecule has 3 aromatic carbocycles. The van der Waals surface area contributed by atoms with E-state index in [2.05, 4.69) is 16.0 Å². The summed E-state index contributed by atoms with van der Waals surface area (Å²) in [6, 6.07) is 24.2. The number of benzene rings is 3. The Hall–Kier alpha value is -4.50. The van der Waals surface area contributed by atoms with Crippen LogP contribution in [0.2, 0.25) is 0 Å². The molecule has 0 saturated carbocycles. The molecule has 0 bridgehead atoms. The lowest BCUT2D eigenvalue weighted by atomic mass is 9.95.